The molecule has 0 unspecified atom stereocenters. The van der Waals surface area contributed by atoms with E-state index in [4.69, 9.17) is 5.73 Å². The first-order chi connectivity index (χ1) is 11.6. The molecule has 130 valence electrons. The Morgan fingerprint density at radius 1 is 0.667 bits per heavy atom. The predicted molar refractivity (Wildman–Crippen MR) is 105 cm³/mol. The lowest BCUT2D eigenvalue weighted by Crippen LogP contribution is -2.41. The standard InChI is InChI=1S/C23H33N/c1-4-17-23(20-13-9-7-10-14-20,21-15-11-8-12-16-21)19-18-22(24,5-2)6-3/h7-16H,4-6,17-19,24H2,1-3H3. The summed E-state index contributed by atoms with van der Waals surface area (Å²) in [7, 11) is 0. The van der Waals surface area contributed by atoms with Gasteiger partial charge in [-0.15, -0.1) is 0 Å². The zero-order valence-electron chi connectivity index (χ0n) is 15.6. The highest BCUT2D eigenvalue weighted by Gasteiger charge is 2.35. The molecule has 2 aromatic rings. The van der Waals surface area contributed by atoms with E-state index in [1.807, 2.05) is 0 Å². The fraction of sp³-hybridized carbons (Fsp3) is 0.478. The van der Waals surface area contributed by atoms with Crippen LogP contribution in [0.4, 0.5) is 0 Å². The van der Waals surface area contributed by atoms with Crippen LogP contribution < -0.4 is 5.73 Å². The average Bonchev–Trinajstić information content (AvgIpc) is 2.66. The van der Waals surface area contributed by atoms with Crippen molar-refractivity contribution in [1.29, 1.82) is 0 Å². The second-order valence-electron chi connectivity index (χ2n) is 7.13. The highest BCUT2D eigenvalue weighted by atomic mass is 14.7. The van der Waals surface area contributed by atoms with Gasteiger partial charge in [0.1, 0.15) is 0 Å². The minimum Gasteiger partial charge on any atom is -0.325 e. The van der Waals surface area contributed by atoms with E-state index in [9.17, 15) is 0 Å². The van der Waals surface area contributed by atoms with E-state index in [2.05, 4.69) is 81.4 Å². The first-order valence-corrected chi connectivity index (χ1v) is 9.50. The molecule has 0 aromatic heterocycles. The van der Waals surface area contributed by atoms with Crippen LogP contribution in [-0.4, -0.2) is 5.54 Å². The van der Waals surface area contributed by atoms with Gasteiger partial charge in [-0.1, -0.05) is 87.9 Å². The molecular formula is C23H33N. The van der Waals surface area contributed by atoms with Gasteiger partial charge in [0.25, 0.3) is 0 Å². The SMILES string of the molecule is CCCC(CCC(N)(CC)CC)(c1ccccc1)c1ccccc1. The molecular weight excluding hydrogens is 290 g/mol. The molecule has 0 radical (unpaired) electrons. The van der Waals surface area contributed by atoms with Crippen LogP contribution in [0.15, 0.2) is 60.7 Å². The minimum atomic E-state index is -0.0530. The van der Waals surface area contributed by atoms with Crippen LogP contribution in [0.1, 0.15) is 70.4 Å². The van der Waals surface area contributed by atoms with Crippen molar-refractivity contribution in [1.82, 2.24) is 0 Å². The summed E-state index contributed by atoms with van der Waals surface area (Å²) in [6, 6.07) is 22.0. The van der Waals surface area contributed by atoms with Crippen molar-refractivity contribution in [2.45, 2.75) is 70.3 Å². The van der Waals surface area contributed by atoms with E-state index in [1.165, 1.54) is 17.5 Å². The van der Waals surface area contributed by atoms with Crippen molar-refractivity contribution < 1.29 is 0 Å². The van der Waals surface area contributed by atoms with Gasteiger partial charge in [-0.3, -0.25) is 0 Å². The summed E-state index contributed by atoms with van der Waals surface area (Å²) in [4.78, 5) is 0. The van der Waals surface area contributed by atoms with Gasteiger partial charge in [0.05, 0.1) is 0 Å². The molecule has 0 amide bonds. The van der Waals surface area contributed by atoms with Crippen molar-refractivity contribution in [3.63, 3.8) is 0 Å². The molecule has 1 heteroatoms. The highest BCUT2D eigenvalue weighted by molar-refractivity contribution is 5.39. The van der Waals surface area contributed by atoms with Crippen LogP contribution in [0.3, 0.4) is 0 Å². The smallest absolute Gasteiger partial charge is 0.0203 e. The topological polar surface area (TPSA) is 26.0 Å². The van der Waals surface area contributed by atoms with E-state index in [-0.39, 0.29) is 11.0 Å². The monoisotopic (exact) mass is 323 g/mol. The Bertz CT molecular complexity index is 544. The number of benzene rings is 2. The Morgan fingerprint density at radius 2 is 1.12 bits per heavy atom. The Morgan fingerprint density at radius 3 is 1.50 bits per heavy atom. The predicted octanol–water partition coefficient (Wildman–Crippen LogP) is 6.07. The van der Waals surface area contributed by atoms with E-state index in [1.54, 1.807) is 0 Å². The second-order valence-corrected chi connectivity index (χ2v) is 7.13. The van der Waals surface area contributed by atoms with Crippen LogP contribution >= 0.6 is 0 Å². The minimum absolute atomic E-state index is 0.0530. The molecule has 0 aliphatic heterocycles. The summed E-state index contributed by atoms with van der Waals surface area (Å²) in [6.45, 7) is 6.72. The van der Waals surface area contributed by atoms with Crippen LogP contribution in [0.2, 0.25) is 0 Å². The van der Waals surface area contributed by atoms with Crippen molar-refractivity contribution >= 4 is 0 Å². The van der Waals surface area contributed by atoms with Crippen molar-refractivity contribution in [3.8, 4) is 0 Å². The van der Waals surface area contributed by atoms with Crippen LogP contribution in [-0.2, 0) is 5.41 Å². The maximum absolute atomic E-state index is 6.66. The second kappa shape index (κ2) is 8.48. The van der Waals surface area contributed by atoms with Crippen LogP contribution in [0, 0.1) is 0 Å². The fourth-order valence-corrected chi connectivity index (χ4v) is 3.88. The summed E-state index contributed by atoms with van der Waals surface area (Å²) in [5.41, 5.74) is 9.51. The molecule has 0 saturated carbocycles. The molecule has 24 heavy (non-hydrogen) atoms. The van der Waals surface area contributed by atoms with Gasteiger partial charge in [0, 0.05) is 11.0 Å². The molecule has 0 aliphatic carbocycles. The van der Waals surface area contributed by atoms with E-state index in [0.717, 1.165) is 32.1 Å². The molecule has 0 atom stereocenters. The van der Waals surface area contributed by atoms with Gasteiger partial charge in [-0.05, 0) is 43.2 Å². The molecule has 2 N–H and O–H groups in total. The van der Waals surface area contributed by atoms with Gasteiger partial charge in [0.2, 0.25) is 0 Å². The van der Waals surface area contributed by atoms with Gasteiger partial charge >= 0.3 is 0 Å². The lowest BCUT2D eigenvalue weighted by Gasteiger charge is -2.39. The molecule has 0 spiro atoms. The van der Waals surface area contributed by atoms with Gasteiger partial charge in [-0.25, -0.2) is 0 Å². The first kappa shape index (κ1) is 18.7. The van der Waals surface area contributed by atoms with Crippen molar-refractivity contribution in [2.75, 3.05) is 0 Å². The van der Waals surface area contributed by atoms with E-state index in [0.29, 0.717) is 0 Å². The maximum Gasteiger partial charge on any atom is 0.0203 e. The van der Waals surface area contributed by atoms with Gasteiger partial charge < -0.3 is 5.73 Å². The summed E-state index contributed by atoms with van der Waals surface area (Å²) < 4.78 is 0. The third kappa shape index (κ3) is 4.08. The number of hydrogen-bond acceptors (Lipinski definition) is 1. The number of hydrogen-bond donors (Lipinski definition) is 1. The van der Waals surface area contributed by atoms with Crippen molar-refractivity contribution in [3.05, 3.63) is 71.8 Å². The Balaban J connectivity index is 2.47. The molecule has 0 aliphatic rings. The molecule has 2 aromatic carbocycles. The summed E-state index contributed by atoms with van der Waals surface area (Å²) in [5.74, 6) is 0. The normalized spacial score (nSPS) is 12.3. The molecule has 0 saturated heterocycles. The van der Waals surface area contributed by atoms with Crippen LogP contribution in [0.25, 0.3) is 0 Å². The Kier molecular flexibility index (Phi) is 6.62. The average molecular weight is 324 g/mol. The highest BCUT2D eigenvalue weighted by Crippen LogP contribution is 2.42. The zero-order chi connectivity index (χ0) is 17.5. The van der Waals surface area contributed by atoms with Crippen LogP contribution in [0.5, 0.6) is 0 Å². The molecule has 1 nitrogen and oxygen atoms in total. The van der Waals surface area contributed by atoms with Gasteiger partial charge in [0.15, 0.2) is 0 Å². The maximum atomic E-state index is 6.66. The first-order valence-electron chi connectivity index (χ1n) is 9.50. The fourth-order valence-electron chi connectivity index (χ4n) is 3.88. The summed E-state index contributed by atoms with van der Waals surface area (Å²) in [5, 5.41) is 0. The number of rotatable bonds is 9. The zero-order valence-corrected chi connectivity index (χ0v) is 15.6. The Labute approximate surface area is 148 Å². The largest absolute Gasteiger partial charge is 0.325 e. The summed E-state index contributed by atoms with van der Waals surface area (Å²) >= 11 is 0. The quantitative estimate of drug-likeness (QED) is 0.595. The molecule has 0 fully saturated rings. The van der Waals surface area contributed by atoms with E-state index >= 15 is 0 Å². The lowest BCUT2D eigenvalue weighted by atomic mass is 9.66. The molecule has 0 heterocycles. The van der Waals surface area contributed by atoms with Crippen molar-refractivity contribution in [2.24, 2.45) is 5.73 Å². The third-order valence-electron chi connectivity index (χ3n) is 5.79. The number of nitrogens with two attached hydrogens (primary N) is 1. The lowest BCUT2D eigenvalue weighted by molar-refractivity contribution is 0.306. The van der Waals surface area contributed by atoms with E-state index < -0.39 is 0 Å². The Hall–Kier alpha value is -1.60. The molecule has 2 rings (SSSR count). The van der Waals surface area contributed by atoms with Gasteiger partial charge in [-0.2, -0.15) is 0 Å². The molecule has 0 bridgehead atoms. The third-order valence-corrected chi connectivity index (χ3v) is 5.79. The summed E-state index contributed by atoms with van der Waals surface area (Å²) in [6.07, 6.45) is 6.56.